The van der Waals surface area contributed by atoms with Crippen LogP contribution in [0.3, 0.4) is 0 Å². The molecule has 1 aliphatic rings. The van der Waals surface area contributed by atoms with Crippen LogP contribution in [0.15, 0.2) is 24.3 Å². The highest BCUT2D eigenvalue weighted by molar-refractivity contribution is 6.30. The van der Waals surface area contributed by atoms with Crippen LogP contribution in [0.4, 0.5) is 0 Å². The van der Waals surface area contributed by atoms with Crippen molar-refractivity contribution < 1.29 is 9.90 Å². The zero-order valence-electron chi connectivity index (χ0n) is 13.6. The van der Waals surface area contributed by atoms with Crippen LogP contribution in [0.1, 0.15) is 41.9 Å². The Balaban J connectivity index is 1.78. The first kappa shape index (κ1) is 16.9. The topological polar surface area (TPSA) is 80.0 Å². The molecule has 0 bridgehead atoms. The molecule has 0 aliphatic heterocycles. The maximum absolute atomic E-state index is 12.6. The fraction of sp³-hybridized carbons (Fsp3) is 0.471. The second-order valence-corrected chi connectivity index (χ2v) is 6.65. The van der Waals surface area contributed by atoms with E-state index in [4.69, 9.17) is 11.6 Å². The van der Waals surface area contributed by atoms with Crippen LogP contribution in [0.2, 0.25) is 5.02 Å². The van der Waals surface area contributed by atoms with Crippen molar-refractivity contribution in [2.45, 2.75) is 38.6 Å². The van der Waals surface area contributed by atoms with Gasteiger partial charge in [-0.05, 0) is 38.0 Å². The number of carbonyl (C=O) groups is 1. The lowest BCUT2D eigenvalue weighted by Gasteiger charge is -2.30. The van der Waals surface area contributed by atoms with Gasteiger partial charge in [0.25, 0.3) is 5.91 Å². The number of amides is 1. The van der Waals surface area contributed by atoms with E-state index in [1.54, 1.807) is 19.1 Å². The molecule has 1 amide bonds. The molecule has 1 aromatic heterocycles. The van der Waals surface area contributed by atoms with Crippen LogP contribution >= 0.6 is 11.6 Å². The Hall–Kier alpha value is -1.92. The molecule has 1 saturated carbocycles. The van der Waals surface area contributed by atoms with E-state index in [0.717, 1.165) is 25.7 Å². The smallest absolute Gasteiger partial charge is 0.273 e. The van der Waals surface area contributed by atoms with Gasteiger partial charge in [-0.15, -0.1) is 5.10 Å². The van der Waals surface area contributed by atoms with Crippen molar-refractivity contribution in [3.8, 4) is 5.69 Å². The molecule has 2 atom stereocenters. The van der Waals surface area contributed by atoms with Gasteiger partial charge in [0.15, 0.2) is 5.69 Å². The van der Waals surface area contributed by atoms with E-state index in [-0.39, 0.29) is 24.5 Å². The lowest BCUT2D eigenvalue weighted by Crippen LogP contribution is -2.43. The van der Waals surface area contributed by atoms with Crippen molar-refractivity contribution in [1.82, 2.24) is 20.3 Å². The summed E-state index contributed by atoms with van der Waals surface area (Å²) in [5.74, 6) is -0.128. The fourth-order valence-corrected chi connectivity index (χ4v) is 3.34. The third-order valence-electron chi connectivity index (χ3n) is 4.50. The van der Waals surface area contributed by atoms with Gasteiger partial charge >= 0.3 is 0 Å². The van der Waals surface area contributed by atoms with Gasteiger partial charge in [-0.25, -0.2) is 0 Å². The minimum Gasteiger partial charge on any atom is -0.396 e. The van der Waals surface area contributed by atoms with Gasteiger partial charge in [-0.3, -0.25) is 4.79 Å². The van der Waals surface area contributed by atoms with Gasteiger partial charge in [0.05, 0.1) is 11.4 Å². The van der Waals surface area contributed by atoms with E-state index in [9.17, 15) is 9.90 Å². The summed E-state index contributed by atoms with van der Waals surface area (Å²) in [4.78, 5) is 14.0. The van der Waals surface area contributed by atoms with Crippen LogP contribution in [-0.4, -0.2) is 38.7 Å². The standard InChI is InChI=1S/C17H21ClN4O2/c1-11-16(17(24)19-15-8-3-2-5-12(15)10-23)21-22(20-11)14-7-4-6-13(18)9-14/h4,6-7,9,12,15,23H,2-3,5,8,10H2,1H3,(H,19,24). The molecule has 2 aromatic rings. The summed E-state index contributed by atoms with van der Waals surface area (Å²) in [6.07, 6.45) is 3.99. The number of carbonyl (C=O) groups excluding carboxylic acids is 1. The summed E-state index contributed by atoms with van der Waals surface area (Å²) in [5.41, 5.74) is 1.57. The first-order chi connectivity index (χ1) is 11.6. The Morgan fingerprint density at radius 1 is 1.38 bits per heavy atom. The summed E-state index contributed by atoms with van der Waals surface area (Å²) < 4.78 is 0. The Labute approximate surface area is 145 Å². The summed E-state index contributed by atoms with van der Waals surface area (Å²) in [6, 6.07) is 7.14. The average Bonchev–Trinajstić information content (AvgIpc) is 2.97. The molecule has 1 heterocycles. The summed E-state index contributed by atoms with van der Waals surface area (Å²) in [5, 5.41) is 21.7. The number of aryl methyl sites for hydroxylation is 1. The molecule has 1 fully saturated rings. The number of benzene rings is 1. The molecular weight excluding hydrogens is 328 g/mol. The summed E-state index contributed by atoms with van der Waals surface area (Å²) in [7, 11) is 0. The lowest BCUT2D eigenvalue weighted by atomic mass is 9.85. The average molecular weight is 349 g/mol. The van der Waals surface area contributed by atoms with Gasteiger partial charge in [0.2, 0.25) is 0 Å². The van der Waals surface area contributed by atoms with Gasteiger partial charge in [-0.1, -0.05) is 30.5 Å². The van der Waals surface area contributed by atoms with Crippen molar-refractivity contribution in [3.05, 3.63) is 40.7 Å². The normalized spacial score (nSPS) is 20.8. The first-order valence-corrected chi connectivity index (χ1v) is 8.58. The Morgan fingerprint density at radius 3 is 2.92 bits per heavy atom. The van der Waals surface area contributed by atoms with E-state index in [2.05, 4.69) is 15.5 Å². The van der Waals surface area contributed by atoms with Gasteiger partial charge in [0, 0.05) is 23.6 Å². The van der Waals surface area contributed by atoms with Crippen LogP contribution in [-0.2, 0) is 0 Å². The predicted molar refractivity (Wildman–Crippen MR) is 91.4 cm³/mol. The van der Waals surface area contributed by atoms with E-state index < -0.39 is 0 Å². The van der Waals surface area contributed by atoms with Crippen LogP contribution in [0, 0.1) is 12.8 Å². The number of hydrogen-bond acceptors (Lipinski definition) is 4. The minimum atomic E-state index is -0.244. The first-order valence-electron chi connectivity index (χ1n) is 8.20. The molecule has 2 N–H and O–H groups in total. The SMILES string of the molecule is Cc1nn(-c2cccc(Cl)c2)nc1C(=O)NC1CCCCC1CO. The van der Waals surface area contributed by atoms with Crippen molar-refractivity contribution in [3.63, 3.8) is 0 Å². The van der Waals surface area contributed by atoms with E-state index in [1.165, 1.54) is 4.80 Å². The third kappa shape index (κ3) is 3.60. The quantitative estimate of drug-likeness (QED) is 0.889. The summed E-state index contributed by atoms with van der Waals surface area (Å²) >= 11 is 5.99. The number of aromatic nitrogens is 3. The molecule has 2 unspecified atom stereocenters. The highest BCUT2D eigenvalue weighted by Crippen LogP contribution is 2.24. The molecule has 3 rings (SSSR count). The van der Waals surface area contributed by atoms with Crippen LogP contribution in [0.25, 0.3) is 5.69 Å². The number of aliphatic hydroxyl groups excluding tert-OH is 1. The number of aliphatic hydroxyl groups is 1. The van der Waals surface area contributed by atoms with Crippen LogP contribution < -0.4 is 5.32 Å². The molecule has 1 aliphatic carbocycles. The van der Waals surface area contributed by atoms with E-state index >= 15 is 0 Å². The van der Waals surface area contributed by atoms with Gasteiger partial charge in [-0.2, -0.15) is 9.90 Å². The predicted octanol–water partition coefficient (Wildman–Crippen LogP) is 2.51. The molecule has 0 spiro atoms. The molecule has 1 aromatic carbocycles. The maximum Gasteiger partial charge on any atom is 0.273 e. The molecule has 0 saturated heterocycles. The number of rotatable bonds is 4. The Morgan fingerprint density at radius 2 is 2.17 bits per heavy atom. The second kappa shape index (κ2) is 7.32. The van der Waals surface area contributed by atoms with Crippen molar-refractivity contribution in [2.75, 3.05) is 6.61 Å². The van der Waals surface area contributed by atoms with Crippen molar-refractivity contribution >= 4 is 17.5 Å². The molecule has 24 heavy (non-hydrogen) atoms. The monoisotopic (exact) mass is 348 g/mol. The third-order valence-corrected chi connectivity index (χ3v) is 4.73. The largest absolute Gasteiger partial charge is 0.396 e. The number of hydrogen-bond donors (Lipinski definition) is 2. The number of nitrogens with one attached hydrogen (secondary N) is 1. The van der Waals surface area contributed by atoms with Gasteiger partial charge < -0.3 is 10.4 Å². The minimum absolute atomic E-state index is 0.00744. The van der Waals surface area contributed by atoms with Gasteiger partial charge in [0.1, 0.15) is 0 Å². The zero-order valence-corrected chi connectivity index (χ0v) is 14.3. The Bertz CT molecular complexity index is 731. The molecule has 128 valence electrons. The van der Waals surface area contributed by atoms with E-state index in [1.807, 2.05) is 12.1 Å². The maximum atomic E-state index is 12.6. The highest BCUT2D eigenvalue weighted by atomic mass is 35.5. The van der Waals surface area contributed by atoms with Crippen molar-refractivity contribution in [1.29, 1.82) is 0 Å². The lowest BCUT2D eigenvalue weighted by molar-refractivity contribution is 0.0866. The molecular formula is C17H21ClN4O2. The number of nitrogens with zero attached hydrogens (tertiary/aromatic N) is 3. The van der Waals surface area contributed by atoms with Crippen LogP contribution in [0.5, 0.6) is 0 Å². The Kier molecular flexibility index (Phi) is 5.16. The summed E-state index contributed by atoms with van der Waals surface area (Å²) in [6.45, 7) is 1.85. The zero-order chi connectivity index (χ0) is 17.1. The highest BCUT2D eigenvalue weighted by Gasteiger charge is 2.27. The van der Waals surface area contributed by atoms with E-state index in [0.29, 0.717) is 22.1 Å². The van der Waals surface area contributed by atoms with Crippen molar-refractivity contribution in [2.24, 2.45) is 5.92 Å². The fourth-order valence-electron chi connectivity index (χ4n) is 3.16. The second-order valence-electron chi connectivity index (χ2n) is 6.21. The number of halogens is 1. The molecule has 0 radical (unpaired) electrons. The molecule has 6 nitrogen and oxygen atoms in total. The molecule has 7 heteroatoms.